The molecule has 30 heavy (non-hydrogen) atoms. The van der Waals surface area contributed by atoms with Crippen molar-refractivity contribution < 1.29 is 17.4 Å². The lowest BCUT2D eigenvalue weighted by Gasteiger charge is -2.30. The Bertz CT molecular complexity index is 1120. The van der Waals surface area contributed by atoms with E-state index in [0.717, 1.165) is 24.2 Å². The second kappa shape index (κ2) is 7.67. The number of sulfonamides is 1. The predicted octanol–water partition coefficient (Wildman–Crippen LogP) is 4.50. The first-order chi connectivity index (χ1) is 14.1. The van der Waals surface area contributed by atoms with Gasteiger partial charge >= 0.3 is 0 Å². The number of benzene rings is 1. The van der Waals surface area contributed by atoms with Gasteiger partial charge in [0.05, 0.1) is 10.8 Å². The zero-order valence-electron chi connectivity index (χ0n) is 17.8. The predicted molar refractivity (Wildman–Crippen MR) is 113 cm³/mol. The topological polar surface area (TPSA) is 89.4 Å². The lowest BCUT2D eigenvalue weighted by atomic mass is 9.87. The Morgan fingerprint density at radius 2 is 1.83 bits per heavy atom. The van der Waals surface area contributed by atoms with Crippen LogP contribution in [0, 0.1) is 6.92 Å². The van der Waals surface area contributed by atoms with Crippen LogP contribution in [0.1, 0.15) is 56.7 Å². The monoisotopic (exact) mass is 429 g/mol. The van der Waals surface area contributed by atoms with E-state index >= 15 is 0 Å². The zero-order valence-corrected chi connectivity index (χ0v) is 18.6. The molecule has 8 heteroatoms. The molecule has 160 valence electrons. The number of nitrogens with zero attached hydrogens (tertiary/aromatic N) is 3. The number of hydrogen-bond donors (Lipinski definition) is 0. The molecule has 1 atom stereocenters. The average Bonchev–Trinajstić information content (AvgIpc) is 3.37. The maximum Gasteiger partial charge on any atom is 0.243 e. The number of piperidine rings is 1. The molecule has 7 nitrogen and oxygen atoms in total. The molecule has 0 radical (unpaired) electrons. The van der Waals surface area contributed by atoms with Crippen LogP contribution in [0.2, 0.25) is 0 Å². The van der Waals surface area contributed by atoms with E-state index in [2.05, 4.69) is 30.9 Å². The number of furan rings is 1. The summed E-state index contributed by atoms with van der Waals surface area (Å²) >= 11 is 0. The van der Waals surface area contributed by atoms with E-state index in [1.165, 1.54) is 4.31 Å². The lowest BCUT2D eigenvalue weighted by Crippen LogP contribution is -2.39. The summed E-state index contributed by atoms with van der Waals surface area (Å²) in [6.45, 7) is 8.97. The fraction of sp³-hybridized carbons (Fsp3) is 0.455. The highest BCUT2D eigenvalue weighted by Crippen LogP contribution is 2.31. The third-order valence-corrected chi connectivity index (χ3v) is 7.37. The van der Waals surface area contributed by atoms with Crippen LogP contribution in [-0.4, -0.2) is 36.0 Å². The SMILES string of the molecule is Cc1ccc(-c2noc([C@H]3CCCN(S(=O)(=O)c4ccc(C(C)(C)C)cc4)C3)n2)o1. The molecule has 3 aromatic rings. The fourth-order valence-electron chi connectivity index (χ4n) is 3.69. The van der Waals surface area contributed by atoms with Crippen LogP contribution >= 0.6 is 0 Å². The van der Waals surface area contributed by atoms with Crippen molar-refractivity contribution in [2.75, 3.05) is 13.1 Å². The minimum Gasteiger partial charge on any atom is -0.458 e. The molecule has 4 rings (SSSR count). The molecule has 0 bridgehead atoms. The molecule has 1 aliphatic rings. The van der Waals surface area contributed by atoms with E-state index in [1.54, 1.807) is 18.2 Å². The van der Waals surface area contributed by atoms with Gasteiger partial charge in [-0.15, -0.1) is 0 Å². The Morgan fingerprint density at radius 1 is 1.10 bits per heavy atom. The Kier molecular flexibility index (Phi) is 5.32. The third-order valence-electron chi connectivity index (χ3n) is 5.49. The normalized spacial score (nSPS) is 18.6. The number of hydrogen-bond acceptors (Lipinski definition) is 6. The minimum absolute atomic E-state index is 0.0271. The quantitative estimate of drug-likeness (QED) is 0.606. The average molecular weight is 430 g/mol. The summed E-state index contributed by atoms with van der Waals surface area (Å²) in [4.78, 5) is 4.77. The summed E-state index contributed by atoms with van der Waals surface area (Å²) in [6, 6.07) is 10.8. The highest BCUT2D eigenvalue weighted by Gasteiger charge is 2.33. The van der Waals surface area contributed by atoms with Gasteiger partial charge in [-0.3, -0.25) is 0 Å². The Morgan fingerprint density at radius 3 is 2.47 bits per heavy atom. The minimum atomic E-state index is -3.58. The summed E-state index contributed by atoms with van der Waals surface area (Å²) in [5, 5.41) is 4.01. The van der Waals surface area contributed by atoms with Crippen LogP contribution < -0.4 is 0 Å². The van der Waals surface area contributed by atoms with Gasteiger partial charge in [0, 0.05) is 13.1 Å². The second-order valence-corrected chi connectivity index (χ2v) is 10.8. The summed E-state index contributed by atoms with van der Waals surface area (Å²) < 4.78 is 38.9. The van der Waals surface area contributed by atoms with Crippen LogP contribution in [0.4, 0.5) is 0 Å². The largest absolute Gasteiger partial charge is 0.458 e. The van der Waals surface area contributed by atoms with Crippen molar-refractivity contribution in [1.82, 2.24) is 14.4 Å². The Balaban J connectivity index is 1.53. The first kappa shape index (κ1) is 20.8. The van der Waals surface area contributed by atoms with Crippen molar-refractivity contribution in [2.45, 2.75) is 56.8 Å². The van der Waals surface area contributed by atoms with Gasteiger partial charge in [-0.1, -0.05) is 38.1 Å². The molecular weight excluding hydrogens is 402 g/mol. The number of rotatable bonds is 4. The van der Waals surface area contributed by atoms with Gasteiger partial charge in [0.1, 0.15) is 5.76 Å². The first-order valence-electron chi connectivity index (χ1n) is 10.2. The zero-order chi connectivity index (χ0) is 21.5. The van der Waals surface area contributed by atoms with Crippen LogP contribution in [0.3, 0.4) is 0 Å². The summed E-state index contributed by atoms with van der Waals surface area (Å²) in [7, 11) is -3.58. The van der Waals surface area contributed by atoms with Gasteiger partial charge < -0.3 is 8.94 Å². The number of aryl methyl sites for hydroxylation is 1. The second-order valence-electron chi connectivity index (χ2n) is 8.84. The summed E-state index contributed by atoms with van der Waals surface area (Å²) in [5.74, 6) is 2.00. The fourth-order valence-corrected chi connectivity index (χ4v) is 5.22. The third kappa shape index (κ3) is 4.06. The Labute approximate surface area is 177 Å². The highest BCUT2D eigenvalue weighted by molar-refractivity contribution is 7.89. The maximum atomic E-state index is 13.2. The van der Waals surface area contributed by atoms with Gasteiger partial charge in [0.2, 0.25) is 21.7 Å². The molecule has 1 aliphatic heterocycles. The van der Waals surface area contributed by atoms with Crippen molar-refractivity contribution in [2.24, 2.45) is 0 Å². The van der Waals surface area contributed by atoms with Crippen molar-refractivity contribution in [1.29, 1.82) is 0 Å². The van der Waals surface area contributed by atoms with E-state index in [1.807, 2.05) is 25.1 Å². The van der Waals surface area contributed by atoms with E-state index in [0.29, 0.717) is 35.5 Å². The van der Waals surface area contributed by atoms with E-state index < -0.39 is 10.0 Å². The van der Waals surface area contributed by atoms with Crippen molar-refractivity contribution in [3.8, 4) is 11.6 Å². The molecule has 3 heterocycles. The van der Waals surface area contributed by atoms with E-state index in [4.69, 9.17) is 8.94 Å². The van der Waals surface area contributed by atoms with Gasteiger partial charge in [0.15, 0.2) is 5.76 Å². The standard InChI is InChI=1S/C22H27N3O4S/c1-15-7-12-19(28-15)20-23-21(29-24-20)16-6-5-13-25(14-16)30(26,27)18-10-8-17(9-11-18)22(2,3)4/h7-12,16H,5-6,13-14H2,1-4H3/t16-/m0/s1. The molecule has 0 saturated carbocycles. The van der Waals surface area contributed by atoms with Gasteiger partial charge in [-0.2, -0.15) is 9.29 Å². The first-order valence-corrected chi connectivity index (χ1v) is 11.6. The molecule has 1 fully saturated rings. The number of aromatic nitrogens is 2. The van der Waals surface area contributed by atoms with Crippen molar-refractivity contribution in [3.05, 3.63) is 53.6 Å². The van der Waals surface area contributed by atoms with Gasteiger partial charge in [-0.05, 0) is 55.0 Å². The highest BCUT2D eigenvalue weighted by atomic mass is 32.2. The molecule has 0 amide bonds. The summed E-state index contributed by atoms with van der Waals surface area (Å²) in [5.41, 5.74) is 1.07. The van der Waals surface area contributed by atoms with Gasteiger partial charge in [-0.25, -0.2) is 8.42 Å². The Hall–Kier alpha value is -2.45. The van der Waals surface area contributed by atoms with Gasteiger partial charge in [0.25, 0.3) is 0 Å². The molecule has 1 saturated heterocycles. The smallest absolute Gasteiger partial charge is 0.243 e. The van der Waals surface area contributed by atoms with Crippen LogP contribution in [0.5, 0.6) is 0 Å². The molecular formula is C22H27N3O4S. The lowest BCUT2D eigenvalue weighted by molar-refractivity contribution is 0.265. The van der Waals surface area contributed by atoms with Crippen LogP contribution in [-0.2, 0) is 15.4 Å². The van der Waals surface area contributed by atoms with Crippen LogP contribution in [0.15, 0.2) is 50.2 Å². The molecule has 0 aliphatic carbocycles. The molecule has 0 N–H and O–H groups in total. The molecule has 2 aromatic heterocycles. The molecule has 0 spiro atoms. The molecule has 1 aromatic carbocycles. The van der Waals surface area contributed by atoms with Crippen molar-refractivity contribution in [3.63, 3.8) is 0 Å². The van der Waals surface area contributed by atoms with E-state index in [9.17, 15) is 8.42 Å². The maximum absolute atomic E-state index is 13.2. The van der Waals surface area contributed by atoms with Crippen LogP contribution in [0.25, 0.3) is 11.6 Å². The van der Waals surface area contributed by atoms with Crippen molar-refractivity contribution >= 4 is 10.0 Å². The van der Waals surface area contributed by atoms with E-state index in [-0.39, 0.29) is 11.3 Å². The molecule has 0 unspecified atom stereocenters. The summed E-state index contributed by atoms with van der Waals surface area (Å²) in [6.07, 6.45) is 1.54.